The third-order valence-electron chi connectivity index (χ3n) is 4.61. The molecule has 1 spiro atoms. The third-order valence-corrected chi connectivity index (χ3v) is 4.61. The molecule has 110 valence electrons. The number of fused-ring (bicyclic) bond motifs is 1. The van der Waals surface area contributed by atoms with E-state index >= 15 is 0 Å². The Bertz CT molecular complexity index is 503. The second kappa shape index (κ2) is 4.93. The number of benzene rings is 1. The van der Waals surface area contributed by atoms with E-state index in [0.717, 1.165) is 43.0 Å². The first-order valence-corrected chi connectivity index (χ1v) is 7.39. The van der Waals surface area contributed by atoms with Crippen molar-refractivity contribution >= 4 is 0 Å². The van der Waals surface area contributed by atoms with Gasteiger partial charge in [-0.15, -0.1) is 0 Å². The van der Waals surface area contributed by atoms with E-state index in [1.54, 1.807) is 7.11 Å². The van der Waals surface area contributed by atoms with E-state index in [1.165, 1.54) is 0 Å². The van der Waals surface area contributed by atoms with Crippen LogP contribution in [0.25, 0.3) is 0 Å². The second-order valence-corrected chi connectivity index (χ2v) is 6.31. The first kappa shape index (κ1) is 13.7. The van der Waals surface area contributed by atoms with Gasteiger partial charge in [0, 0.05) is 49.6 Å². The Morgan fingerprint density at radius 1 is 1.45 bits per heavy atom. The van der Waals surface area contributed by atoms with Crippen LogP contribution in [0.3, 0.4) is 0 Å². The van der Waals surface area contributed by atoms with Gasteiger partial charge in [0.2, 0.25) is 0 Å². The molecule has 2 N–H and O–H groups in total. The summed E-state index contributed by atoms with van der Waals surface area (Å²) in [6, 6.07) is 6.56. The van der Waals surface area contributed by atoms with Crippen LogP contribution < -0.4 is 15.2 Å². The van der Waals surface area contributed by atoms with Gasteiger partial charge >= 0.3 is 0 Å². The SMILES string of the molecule is COc1ccc2c(c1)OC1(CCN(C(C)C)C1)C[C@H]2N. The van der Waals surface area contributed by atoms with E-state index in [4.69, 9.17) is 15.2 Å². The largest absolute Gasteiger partial charge is 0.497 e. The van der Waals surface area contributed by atoms with Crippen molar-refractivity contribution in [1.29, 1.82) is 0 Å². The highest BCUT2D eigenvalue weighted by Crippen LogP contribution is 2.44. The molecule has 2 atom stereocenters. The van der Waals surface area contributed by atoms with Crippen molar-refractivity contribution in [1.82, 2.24) is 4.90 Å². The molecule has 2 aliphatic heterocycles. The quantitative estimate of drug-likeness (QED) is 0.900. The molecule has 0 amide bonds. The van der Waals surface area contributed by atoms with Crippen LogP contribution in [0.5, 0.6) is 11.5 Å². The lowest BCUT2D eigenvalue weighted by Crippen LogP contribution is -2.46. The van der Waals surface area contributed by atoms with Crippen molar-refractivity contribution in [2.75, 3.05) is 20.2 Å². The summed E-state index contributed by atoms with van der Waals surface area (Å²) in [5, 5.41) is 0. The fourth-order valence-corrected chi connectivity index (χ4v) is 3.39. The number of likely N-dealkylation sites (tertiary alicyclic amines) is 1. The van der Waals surface area contributed by atoms with Gasteiger partial charge in [-0.3, -0.25) is 4.90 Å². The van der Waals surface area contributed by atoms with Crippen LogP contribution in [-0.4, -0.2) is 36.7 Å². The normalized spacial score (nSPS) is 29.6. The summed E-state index contributed by atoms with van der Waals surface area (Å²) in [5.41, 5.74) is 7.35. The summed E-state index contributed by atoms with van der Waals surface area (Å²) in [7, 11) is 1.68. The minimum absolute atomic E-state index is 0.0526. The molecule has 3 rings (SSSR count). The highest BCUT2D eigenvalue weighted by molar-refractivity contribution is 5.44. The molecule has 0 aromatic heterocycles. The highest BCUT2D eigenvalue weighted by atomic mass is 16.5. The monoisotopic (exact) mass is 276 g/mol. The Labute approximate surface area is 120 Å². The Morgan fingerprint density at radius 3 is 2.90 bits per heavy atom. The molecule has 1 aromatic rings. The molecule has 1 saturated heterocycles. The number of ether oxygens (including phenoxy) is 2. The Kier molecular flexibility index (Phi) is 3.38. The van der Waals surface area contributed by atoms with Crippen LogP contribution in [0.2, 0.25) is 0 Å². The van der Waals surface area contributed by atoms with Gasteiger partial charge in [-0.2, -0.15) is 0 Å². The fourth-order valence-electron chi connectivity index (χ4n) is 3.39. The number of nitrogens with zero attached hydrogens (tertiary/aromatic N) is 1. The van der Waals surface area contributed by atoms with Crippen molar-refractivity contribution in [3.8, 4) is 11.5 Å². The minimum atomic E-state index is -0.122. The van der Waals surface area contributed by atoms with Crippen molar-refractivity contribution in [2.45, 2.75) is 44.4 Å². The molecule has 1 unspecified atom stereocenters. The molecule has 4 nitrogen and oxygen atoms in total. The zero-order valence-electron chi connectivity index (χ0n) is 12.6. The molecular weight excluding hydrogens is 252 g/mol. The molecule has 1 fully saturated rings. The topological polar surface area (TPSA) is 47.7 Å². The fraction of sp³-hybridized carbons (Fsp3) is 0.625. The van der Waals surface area contributed by atoms with Gasteiger partial charge in [0.25, 0.3) is 0 Å². The number of hydrogen-bond acceptors (Lipinski definition) is 4. The summed E-state index contributed by atoms with van der Waals surface area (Å²) in [4.78, 5) is 2.47. The van der Waals surface area contributed by atoms with Gasteiger partial charge in [0.15, 0.2) is 0 Å². The average Bonchev–Trinajstić information content (AvgIpc) is 2.81. The van der Waals surface area contributed by atoms with Crippen molar-refractivity contribution < 1.29 is 9.47 Å². The lowest BCUT2D eigenvalue weighted by Gasteiger charge is -2.39. The molecule has 0 aliphatic carbocycles. The van der Waals surface area contributed by atoms with Crippen molar-refractivity contribution in [2.24, 2.45) is 5.73 Å². The summed E-state index contributed by atoms with van der Waals surface area (Å²) in [6.45, 7) is 6.52. The Hall–Kier alpha value is -1.26. The van der Waals surface area contributed by atoms with Gasteiger partial charge in [-0.25, -0.2) is 0 Å². The number of hydrogen-bond donors (Lipinski definition) is 1. The first-order chi connectivity index (χ1) is 9.53. The summed E-state index contributed by atoms with van der Waals surface area (Å²) >= 11 is 0. The van der Waals surface area contributed by atoms with Crippen LogP contribution in [0.1, 0.15) is 38.3 Å². The zero-order valence-corrected chi connectivity index (χ0v) is 12.6. The summed E-state index contributed by atoms with van der Waals surface area (Å²) < 4.78 is 11.7. The Balaban J connectivity index is 1.88. The summed E-state index contributed by atoms with van der Waals surface area (Å²) in [6.07, 6.45) is 1.95. The lowest BCUT2D eigenvalue weighted by molar-refractivity contribution is 0.0407. The van der Waals surface area contributed by atoms with E-state index < -0.39 is 0 Å². The molecule has 2 heterocycles. The van der Waals surface area contributed by atoms with Crippen molar-refractivity contribution in [3.05, 3.63) is 23.8 Å². The lowest BCUT2D eigenvalue weighted by atomic mass is 9.87. The standard InChI is InChI=1S/C16H24N2O2/c1-11(2)18-7-6-16(10-18)9-14(17)13-5-4-12(19-3)8-15(13)20-16/h4-5,8,11,14H,6-7,9-10,17H2,1-3H3/t14-,16?/m1/s1. The molecule has 0 bridgehead atoms. The Morgan fingerprint density at radius 2 is 2.25 bits per heavy atom. The van der Waals surface area contributed by atoms with Crippen molar-refractivity contribution in [3.63, 3.8) is 0 Å². The van der Waals surface area contributed by atoms with Gasteiger partial charge < -0.3 is 15.2 Å². The van der Waals surface area contributed by atoms with Gasteiger partial charge in [-0.1, -0.05) is 6.07 Å². The minimum Gasteiger partial charge on any atom is -0.497 e. The summed E-state index contributed by atoms with van der Waals surface area (Å²) in [5.74, 6) is 1.72. The van der Waals surface area contributed by atoms with E-state index in [2.05, 4.69) is 18.7 Å². The zero-order chi connectivity index (χ0) is 14.3. The predicted molar refractivity (Wildman–Crippen MR) is 79.2 cm³/mol. The first-order valence-electron chi connectivity index (χ1n) is 7.39. The molecule has 4 heteroatoms. The average molecular weight is 276 g/mol. The van der Waals surface area contributed by atoms with E-state index in [1.807, 2.05) is 18.2 Å². The maximum absolute atomic E-state index is 6.37. The van der Waals surface area contributed by atoms with Gasteiger partial charge in [-0.05, 0) is 19.9 Å². The maximum atomic E-state index is 6.37. The van der Waals surface area contributed by atoms with Crippen LogP contribution in [0.15, 0.2) is 18.2 Å². The van der Waals surface area contributed by atoms with Crippen LogP contribution >= 0.6 is 0 Å². The second-order valence-electron chi connectivity index (χ2n) is 6.31. The van der Waals surface area contributed by atoms with Crippen LogP contribution in [0.4, 0.5) is 0 Å². The smallest absolute Gasteiger partial charge is 0.128 e. The van der Waals surface area contributed by atoms with E-state index in [0.29, 0.717) is 6.04 Å². The number of rotatable bonds is 2. The predicted octanol–water partition coefficient (Wildman–Crippen LogP) is 2.33. The third kappa shape index (κ3) is 2.27. The molecule has 20 heavy (non-hydrogen) atoms. The van der Waals surface area contributed by atoms with Gasteiger partial charge in [0.05, 0.1) is 7.11 Å². The van der Waals surface area contributed by atoms with E-state index in [9.17, 15) is 0 Å². The molecule has 1 aromatic carbocycles. The van der Waals surface area contributed by atoms with Gasteiger partial charge in [0.1, 0.15) is 17.1 Å². The number of nitrogens with two attached hydrogens (primary N) is 1. The van der Waals surface area contributed by atoms with Crippen LogP contribution in [-0.2, 0) is 0 Å². The molecule has 0 saturated carbocycles. The van der Waals surface area contributed by atoms with Crippen LogP contribution in [0, 0.1) is 0 Å². The molecule has 2 aliphatic rings. The molecule has 0 radical (unpaired) electrons. The molecular formula is C16H24N2O2. The maximum Gasteiger partial charge on any atom is 0.128 e. The highest BCUT2D eigenvalue weighted by Gasteiger charge is 2.45. The van der Waals surface area contributed by atoms with E-state index in [-0.39, 0.29) is 11.6 Å². The number of methoxy groups -OCH3 is 1.